The molecule has 178 valence electrons. The van der Waals surface area contributed by atoms with E-state index in [9.17, 15) is 4.79 Å². The van der Waals surface area contributed by atoms with Gasteiger partial charge in [0.25, 0.3) is 0 Å². The molecule has 1 aromatic heterocycles. The van der Waals surface area contributed by atoms with Crippen LogP contribution in [-0.2, 0) is 14.3 Å². The number of aliphatic hydroxyl groups is 1. The molecule has 0 spiro atoms. The second kappa shape index (κ2) is 11.2. The SMILES string of the molecule is Cc1cc(N2CCOCC2)c(NC(=O)CN2CCN(CCO)CC2)c(N2CCOCC2)n1. The van der Waals surface area contributed by atoms with E-state index >= 15 is 0 Å². The van der Waals surface area contributed by atoms with Crippen molar-refractivity contribution in [1.82, 2.24) is 14.8 Å². The first-order chi connectivity index (χ1) is 15.6. The van der Waals surface area contributed by atoms with Crippen LogP contribution in [0.2, 0.25) is 0 Å². The number of carbonyl (C=O) groups excluding carboxylic acids is 1. The van der Waals surface area contributed by atoms with Crippen molar-refractivity contribution in [1.29, 1.82) is 0 Å². The topological polar surface area (TPSA) is 93.6 Å². The van der Waals surface area contributed by atoms with Crippen LogP contribution >= 0.6 is 0 Å². The minimum atomic E-state index is -0.0183. The molecule has 3 saturated heterocycles. The molecule has 3 aliphatic heterocycles. The molecule has 0 radical (unpaired) electrons. The zero-order valence-electron chi connectivity index (χ0n) is 19.1. The summed E-state index contributed by atoms with van der Waals surface area (Å²) in [5.41, 5.74) is 2.75. The number of nitrogens with zero attached hydrogens (tertiary/aromatic N) is 5. The number of β-amino-alcohol motifs (C(OH)–C–C–N with tert-alkyl or cyclic N) is 1. The molecule has 32 heavy (non-hydrogen) atoms. The van der Waals surface area contributed by atoms with Gasteiger partial charge in [-0.05, 0) is 13.0 Å². The first kappa shape index (κ1) is 23.2. The average Bonchev–Trinajstić information content (AvgIpc) is 2.82. The number of morpholine rings is 2. The van der Waals surface area contributed by atoms with E-state index in [4.69, 9.17) is 19.6 Å². The van der Waals surface area contributed by atoms with E-state index < -0.39 is 0 Å². The van der Waals surface area contributed by atoms with Gasteiger partial charge < -0.3 is 29.7 Å². The summed E-state index contributed by atoms with van der Waals surface area (Å²) >= 11 is 0. The molecule has 10 nitrogen and oxygen atoms in total. The molecule has 10 heteroatoms. The summed E-state index contributed by atoms with van der Waals surface area (Å²) in [6.45, 7) is 12.4. The van der Waals surface area contributed by atoms with Crippen LogP contribution in [0.15, 0.2) is 6.07 Å². The summed E-state index contributed by atoms with van der Waals surface area (Å²) in [7, 11) is 0. The van der Waals surface area contributed by atoms with E-state index in [2.05, 4.69) is 31.0 Å². The van der Waals surface area contributed by atoms with E-state index in [1.54, 1.807) is 0 Å². The predicted octanol–water partition coefficient (Wildman–Crippen LogP) is -0.388. The fraction of sp³-hybridized carbons (Fsp3) is 0.727. The van der Waals surface area contributed by atoms with Gasteiger partial charge in [-0.3, -0.25) is 14.6 Å². The lowest BCUT2D eigenvalue weighted by molar-refractivity contribution is -0.117. The molecule has 1 amide bonds. The first-order valence-corrected chi connectivity index (χ1v) is 11.7. The number of hydrogen-bond acceptors (Lipinski definition) is 9. The van der Waals surface area contributed by atoms with Crippen molar-refractivity contribution in [2.75, 3.05) is 114 Å². The van der Waals surface area contributed by atoms with Crippen LogP contribution in [0, 0.1) is 6.92 Å². The minimum Gasteiger partial charge on any atom is -0.395 e. The summed E-state index contributed by atoms with van der Waals surface area (Å²) in [5, 5.41) is 12.4. The molecule has 4 heterocycles. The van der Waals surface area contributed by atoms with E-state index in [0.717, 1.165) is 75.2 Å². The van der Waals surface area contributed by atoms with Crippen LogP contribution < -0.4 is 15.1 Å². The quantitative estimate of drug-likeness (QED) is 0.579. The summed E-state index contributed by atoms with van der Waals surface area (Å²) in [6, 6.07) is 2.07. The molecule has 1 aromatic rings. The molecule has 3 fully saturated rings. The third-order valence-electron chi connectivity index (χ3n) is 6.28. The van der Waals surface area contributed by atoms with E-state index in [1.165, 1.54) is 0 Å². The van der Waals surface area contributed by atoms with Crippen molar-refractivity contribution >= 4 is 23.1 Å². The van der Waals surface area contributed by atoms with Crippen molar-refractivity contribution in [3.05, 3.63) is 11.8 Å². The van der Waals surface area contributed by atoms with Crippen LogP contribution in [0.5, 0.6) is 0 Å². The van der Waals surface area contributed by atoms with Gasteiger partial charge in [0, 0.05) is 64.6 Å². The monoisotopic (exact) mass is 448 g/mol. The number of hydrogen-bond donors (Lipinski definition) is 2. The highest BCUT2D eigenvalue weighted by atomic mass is 16.5. The number of anilines is 3. The number of ether oxygens (including phenoxy) is 2. The van der Waals surface area contributed by atoms with Crippen LogP contribution in [-0.4, -0.2) is 124 Å². The Hall–Kier alpha value is -1.98. The third-order valence-corrected chi connectivity index (χ3v) is 6.28. The molecule has 0 atom stereocenters. The molecular weight excluding hydrogens is 412 g/mol. The van der Waals surface area contributed by atoms with E-state index in [0.29, 0.717) is 39.5 Å². The summed E-state index contributed by atoms with van der Waals surface area (Å²) in [5.74, 6) is 0.811. The van der Waals surface area contributed by atoms with Gasteiger partial charge in [0.15, 0.2) is 5.82 Å². The molecule has 4 rings (SSSR count). The maximum Gasteiger partial charge on any atom is 0.238 e. The highest BCUT2D eigenvalue weighted by Gasteiger charge is 2.26. The van der Waals surface area contributed by atoms with Crippen LogP contribution in [0.1, 0.15) is 5.69 Å². The summed E-state index contributed by atoms with van der Waals surface area (Å²) in [6.07, 6.45) is 0. The Balaban J connectivity index is 1.51. The van der Waals surface area contributed by atoms with Gasteiger partial charge in [-0.15, -0.1) is 0 Å². The fourth-order valence-corrected chi connectivity index (χ4v) is 4.51. The molecule has 0 aromatic carbocycles. The lowest BCUT2D eigenvalue weighted by atomic mass is 10.2. The average molecular weight is 449 g/mol. The first-order valence-electron chi connectivity index (χ1n) is 11.7. The normalized spacial score (nSPS) is 21.1. The number of aromatic nitrogens is 1. The second-order valence-electron chi connectivity index (χ2n) is 8.57. The smallest absolute Gasteiger partial charge is 0.238 e. The third kappa shape index (κ3) is 5.87. The Bertz CT molecular complexity index is 720. The van der Waals surface area contributed by atoms with E-state index in [-0.39, 0.29) is 12.5 Å². The Morgan fingerprint density at radius 3 is 2.19 bits per heavy atom. The van der Waals surface area contributed by atoms with Gasteiger partial charge in [-0.1, -0.05) is 0 Å². The molecule has 0 unspecified atom stereocenters. The number of carbonyl (C=O) groups is 1. The Morgan fingerprint density at radius 1 is 0.969 bits per heavy atom. The zero-order valence-corrected chi connectivity index (χ0v) is 19.1. The fourth-order valence-electron chi connectivity index (χ4n) is 4.51. The lowest BCUT2D eigenvalue weighted by Gasteiger charge is -2.35. The second-order valence-corrected chi connectivity index (χ2v) is 8.57. The van der Waals surface area contributed by atoms with Gasteiger partial charge in [-0.25, -0.2) is 4.98 Å². The number of aryl methyl sites for hydroxylation is 1. The standard InChI is InChI=1S/C22H36N6O4/c1-18-16-19(27-7-12-31-13-8-27)21(22(23-18)28-9-14-32-15-10-28)24-20(30)17-26-4-2-25(3-5-26)6-11-29/h16,29H,2-15,17H2,1H3,(H,24,30). The van der Waals surface area contributed by atoms with Gasteiger partial charge in [0.05, 0.1) is 45.3 Å². The lowest BCUT2D eigenvalue weighted by Crippen LogP contribution is -2.49. The zero-order chi connectivity index (χ0) is 22.3. The predicted molar refractivity (Wildman–Crippen MR) is 124 cm³/mol. The number of aliphatic hydroxyl groups excluding tert-OH is 1. The maximum absolute atomic E-state index is 13.1. The van der Waals surface area contributed by atoms with Crippen molar-refractivity contribution in [3.63, 3.8) is 0 Å². The molecule has 0 saturated carbocycles. The molecular formula is C22H36N6O4. The van der Waals surface area contributed by atoms with Gasteiger partial charge in [0.2, 0.25) is 5.91 Å². The summed E-state index contributed by atoms with van der Waals surface area (Å²) < 4.78 is 11.1. The minimum absolute atomic E-state index is 0.0183. The molecule has 3 aliphatic rings. The largest absolute Gasteiger partial charge is 0.395 e. The van der Waals surface area contributed by atoms with Gasteiger partial charge in [-0.2, -0.15) is 0 Å². The van der Waals surface area contributed by atoms with Crippen molar-refractivity contribution in [3.8, 4) is 0 Å². The van der Waals surface area contributed by atoms with E-state index in [1.807, 2.05) is 6.92 Å². The maximum atomic E-state index is 13.1. The number of pyridine rings is 1. The highest BCUT2D eigenvalue weighted by Crippen LogP contribution is 2.36. The number of amides is 1. The number of piperazine rings is 1. The highest BCUT2D eigenvalue weighted by molar-refractivity contribution is 5.99. The van der Waals surface area contributed by atoms with Crippen molar-refractivity contribution in [2.45, 2.75) is 6.92 Å². The van der Waals surface area contributed by atoms with Crippen LogP contribution in [0.25, 0.3) is 0 Å². The molecule has 0 bridgehead atoms. The van der Waals surface area contributed by atoms with Crippen LogP contribution in [0.4, 0.5) is 17.2 Å². The number of rotatable bonds is 7. The van der Waals surface area contributed by atoms with Crippen molar-refractivity contribution in [2.24, 2.45) is 0 Å². The van der Waals surface area contributed by atoms with Crippen LogP contribution in [0.3, 0.4) is 0 Å². The molecule has 2 N–H and O–H groups in total. The summed E-state index contributed by atoms with van der Waals surface area (Å²) in [4.78, 5) is 26.9. The Morgan fingerprint density at radius 2 is 1.56 bits per heavy atom. The Labute approximate surface area is 190 Å². The number of nitrogens with one attached hydrogen (secondary N) is 1. The Kier molecular flexibility index (Phi) is 8.15. The molecule has 0 aliphatic carbocycles. The van der Waals surface area contributed by atoms with Gasteiger partial charge in [0.1, 0.15) is 5.69 Å². The van der Waals surface area contributed by atoms with Crippen molar-refractivity contribution < 1.29 is 19.4 Å². The van der Waals surface area contributed by atoms with Gasteiger partial charge >= 0.3 is 0 Å².